The van der Waals surface area contributed by atoms with Gasteiger partial charge in [0.2, 0.25) is 0 Å². The van der Waals surface area contributed by atoms with Gasteiger partial charge in [0.25, 0.3) is 0 Å². The third kappa shape index (κ3) is 1.53. The lowest BCUT2D eigenvalue weighted by molar-refractivity contribution is 0.0227. The summed E-state index contributed by atoms with van der Waals surface area (Å²) in [5.41, 5.74) is 7.59. The van der Waals surface area contributed by atoms with Crippen molar-refractivity contribution >= 4 is 11.3 Å². The molecule has 0 spiro atoms. The van der Waals surface area contributed by atoms with Crippen LogP contribution in [0.2, 0.25) is 0 Å². The molecule has 2 aliphatic rings. The largest absolute Gasteiger partial charge is 0.393 e. The number of nitrogens with two attached hydrogens (primary N) is 1. The number of hydrogen-bond donors (Lipinski definition) is 2. The Morgan fingerprint density at radius 2 is 2.07 bits per heavy atom. The Kier molecular flexibility index (Phi) is 2.16. The van der Waals surface area contributed by atoms with E-state index in [4.69, 9.17) is 5.73 Å². The van der Waals surface area contributed by atoms with E-state index in [1.165, 1.54) is 36.1 Å². The van der Waals surface area contributed by atoms with Crippen LogP contribution in [-0.4, -0.2) is 11.2 Å². The summed E-state index contributed by atoms with van der Waals surface area (Å²) in [6.45, 7) is 0. The smallest absolute Gasteiger partial charge is 0.0582 e. The van der Waals surface area contributed by atoms with E-state index in [1.807, 2.05) is 11.3 Å². The Balaban J connectivity index is 1.90. The Labute approximate surface area is 94.1 Å². The summed E-state index contributed by atoms with van der Waals surface area (Å²) in [6.07, 6.45) is 6.42. The molecule has 0 aliphatic heterocycles. The molecule has 3 N–H and O–H groups in total. The molecule has 1 aromatic heterocycles. The Hall–Kier alpha value is -0.380. The molecule has 3 heteroatoms. The highest BCUT2D eigenvalue weighted by Crippen LogP contribution is 2.44. The number of aliphatic hydroxyl groups excluding tert-OH is 1. The van der Waals surface area contributed by atoms with Crippen molar-refractivity contribution in [2.24, 2.45) is 5.73 Å². The van der Waals surface area contributed by atoms with Gasteiger partial charge in [0.15, 0.2) is 0 Å². The van der Waals surface area contributed by atoms with Gasteiger partial charge in [-0.1, -0.05) is 0 Å². The van der Waals surface area contributed by atoms with Crippen LogP contribution in [0.25, 0.3) is 0 Å². The number of thiophene rings is 1. The van der Waals surface area contributed by atoms with Crippen LogP contribution in [0.5, 0.6) is 0 Å². The normalized spacial score (nSPS) is 34.7. The molecule has 0 unspecified atom stereocenters. The summed E-state index contributed by atoms with van der Waals surface area (Å²) in [7, 11) is 0. The minimum Gasteiger partial charge on any atom is -0.393 e. The molecule has 82 valence electrons. The highest BCUT2D eigenvalue weighted by molar-refractivity contribution is 7.12. The van der Waals surface area contributed by atoms with Crippen LogP contribution in [0.4, 0.5) is 0 Å². The van der Waals surface area contributed by atoms with Crippen molar-refractivity contribution in [2.75, 3.05) is 0 Å². The van der Waals surface area contributed by atoms with Gasteiger partial charge in [0.1, 0.15) is 0 Å². The topological polar surface area (TPSA) is 46.2 Å². The fourth-order valence-corrected chi connectivity index (χ4v) is 4.09. The monoisotopic (exact) mass is 223 g/mol. The van der Waals surface area contributed by atoms with Gasteiger partial charge in [-0.3, -0.25) is 0 Å². The maximum atomic E-state index is 9.37. The molecule has 0 saturated heterocycles. The summed E-state index contributed by atoms with van der Waals surface area (Å²) in [4.78, 5) is 2.85. The second-order valence-electron chi connectivity index (χ2n) is 4.98. The second kappa shape index (κ2) is 3.30. The first kappa shape index (κ1) is 9.82. The summed E-state index contributed by atoms with van der Waals surface area (Å²) < 4.78 is 0. The van der Waals surface area contributed by atoms with Crippen LogP contribution >= 0.6 is 11.3 Å². The van der Waals surface area contributed by atoms with Crippen LogP contribution in [0.3, 0.4) is 0 Å². The summed E-state index contributed by atoms with van der Waals surface area (Å²) >= 11 is 1.88. The van der Waals surface area contributed by atoms with Crippen molar-refractivity contribution in [2.45, 2.75) is 50.2 Å². The lowest BCUT2D eigenvalue weighted by Gasteiger charge is -2.41. The van der Waals surface area contributed by atoms with Crippen molar-refractivity contribution in [3.63, 3.8) is 0 Å². The number of fused-ring (bicyclic) bond motifs is 1. The van der Waals surface area contributed by atoms with E-state index in [0.717, 1.165) is 12.8 Å². The van der Waals surface area contributed by atoms with Gasteiger partial charge in [0.05, 0.1) is 11.6 Å². The van der Waals surface area contributed by atoms with Crippen LogP contribution < -0.4 is 5.73 Å². The first-order chi connectivity index (χ1) is 7.17. The van der Waals surface area contributed by atoms with E-state index in [1.54, 1.807) is 4.88 Å². The predicted molar refractivity (Wildman–Crippen MR) is 62.1 cm³/mol. The lowest BCUT2D eigenvalue weighted by Crippen LogP contribution is -2.51. The first-order valence-corrected chi connectivity index (χ1v) is 6.58. The van der Waals surface area contributed by atoms with Crippen LogP contribution in [0.15, 0.2) is 6.07 Å². The molecule has 0 aromatic carbocycles. The van der Waals surface area contributed by atoms with Crippen molar-refractivity contribution in [3.05, 3.63) is 21.4 Å². The summed E-state index contributed by atoms with van der Waals surface area (Å²) in [6, 6.07) is 2.30. The van der Waals surface area contributed by atoms with E-state index < -0.39 is 0 Å². The summed E-state index contributed by atoms with van der Waals surface area (Å²) in [5.74, 6) is 0. The number of aryl methyl sites for hydroxylation is 2. The van der Waals surface area contributed by atoms with Gasteiger partial charge in [0, 0.05) is 9.75 Å². The third-order valence-corrected chi connectivity index (χ3v) is 5.14. The molecule has 0 atom stereocenters. The van der Waals surface area contributed by atoms with Crippen molar-refractivity contribution < 1.29 is 5.11 Å². The van der Waals surface area contributed by atoms with E-state index in [2.05, 4.69) is 6.07 Å². The molecule has 2 nitrogen and oxygen atoms in total. The molecule has 0 amide bonds. The highest BCUT2D eigenvalue weighted by Gasteiger charge is 2.42. The van der Waals surface area contributed by atoms with E-state index in [9.17, 15) is 5.11 Å². The van der Waals surface area contributed by atoms with Gasteiger partial charge in [-0.05, 0) is 50.2 Å². The zero-order valence-electron chi connectivity index (χ0n) is 8.83. The van der Waals surface area contributed by atoms with Crippen molar-refractivity contribution in [3.8, 4) is 0 Å². The van der Waals surface area contributed by atoms with E-state index in [-0.39, 0.29) is 11.6 Å². The first-order valence-electron chi connectivity index (χ1n) is 5.76. The minimum atomic E-state index is -0.207. The van der Waals surface area contributed by atoms with E-state index in [0.29, 0.717) is 0 Å². The quantitative estimate of drug-likeness (QED) is 0.764. The molecular formula is C12H17NOS. The van der Waals surface area contributed by atoms with Gasteiger partial charge >= 0.3 is 0 Å². The molecule has 2 aliphatic carbocycles. The molecule has 15 heavy (non-hydrogen) atoms. The second-order valence-corrected chi connectivity index (χ2v) is 6.12. The van der Waals surface area contributed by atoms with Gasteiger partial charge in [-0.15, -0.1) is 11.3 Å². The maximum Gasteiger partial charge on any atom is 0.0582 e. The maximum absolute atomic E-state index is 9.37. The van der Waals surface area contributed by atoms with E-state index >= 15 is 0 Å². The fraction of sp³-hybridized carbons (Fsp3) is 0.667. The van der Waals surface area contributed by atoms with Gasteiger partial charge < -0.3 is 10.8 Å². The molecule has 1 heterocycles. The standard InChI is InChI=1S/C12H17NOS/c13-12(6-9(14)7-12)11-5-8-3-1-2-4-10(8)15-11/h5,9,14H,1-4,6-7,13H2. The number of aliphatic hydroxyl groups is 1. The molecule has 1 aromatic rings. The zero-order valence-corrected chi connectivity index (χ0v) is 9.65. The Morgan fingerprint density at radius 1 is 1.33 bits per heavy atom. The van der Waals surface area contributed by atoms with Crippen LogP contribution in [0.1, 0.15) is 41.0 Å². The lowest BCUT2D eigenvalue weighted by atomic mass is 9.74. The Bertz CT molecular complexity index is 355. The Morgan fingerprint density at radius 3 is 2.73 bits per heavy atom. The van der Waals surface area contributed by atoms with Crippen LogP contribution in [0, 0.1) is 0 Å². The van der Waals surface area contributed by atoms with Crippen molar-refractivity contribution in [1.82, 2.24) is 0 Å². The average Bonchev–Trinajstić information content (AvgIpc) is 2.59. The molecule has 1 saturated carbocycles. The predicted octanol–water partition coefficient (Wildman–Crippen LogP) is 1.94. The molecule has 0 radical (unpaired) electrons. The SMILES string of the molecule is NC1(c2cc3c(s2)CCCC3)CC(O)C1. The van der Waals surface area contributed by atoms with Crippen LogP contribution in [-0.2, 0) is 18.4 Å². The average molecular weight is 223 g/mol. The third-order valence-electron chi connectivity index (χ3n) is 3.69. The zero-order chi connectivity index (χ0) is 10.5. The number of rotatable bonds is 1. The highest BCUT2D eigenvalue weighted by atomic mass is 32.1. The van der Waals surface area contributed by atoms with Gasteiger partial charge in [-0.2, -0.15) is 0 Å². The van der Waals surface area contributed by atoms with Crippen molar-refractivity contribution in [1.29, 1.82) is 0 Å². The molecule has 0 bridgehead atoms. The molecule has 1 fully saturated rings. The molecular weight excluding hydrogens is 206 g/mol. The van der Waals surface area contributed by atoms with Gasteiger partial charge in [-0.25, -0.2) is 0 Å². The fourth-order valence-electron chi connectivity index (χ4n) is 2.72. The summed E-state index contributed by atoms with van der Waals surface area (Å²) in [5, 5.41) is 9.37. The minimum absolute atomic E-state index is 0.172. The number of hydrogen-bond acceptors (Lipinski definition) is 3. The molecule has 3 rings (SSSR count).